The van der Waals surface area contributed by atoms with E-state index >= 15 is 0 Å². The van der Waals surface area contributed by atoms with E-state index in [1.807, 2.05) is 24.5 Å². The van der Waals surface area contributed by atoms with Gasteiger partial charge in [-0.1, -0.05) is 72.8 Å². The molecule has 4 heteroatoms. The Morgan fingerprint density at radius 1 is 0.769 bits per heavy atom. The number of rotatable bonds is 6. The number of halogens is 1. The van der Waals surface area contributed by atoms with Crippen molar-refractivity contribution in [3.05, 3.63) is 102 Å². The van der Waals surface area contributed by atoms with E-state index in [9.17, 15) is 0 Å². The second kappa shape index (κ2) is 8.65. The molecule has 0 aliphatic heterocycles. The number of benzene rings is 3. The Morgan fingerprint density at radius 2 is 1.35 bits per heavy atom. The molecule has 1 aromatic heterocycles. The SMILES string of the molecule is [Cl-].c1ccc(C(OCC[n+]2c[nH]c3ccccc32)c2ccccc2)cc1. The first kappa shape index (κ1) is 18.2. The maximum Gasteiger partial charge on any atom is 0.242 e. The Morgan fingerprint density at radius 3 is 2.00 bits per heavy atom. The average Bonchev–Trinajstić information content (AvgIpc) is 3.10. The van der Waals surface area contributed by atoms with Crippen molar-refractivity contribution in [1.29, 1.82) is 0 Å². The van der Waals surface area contributed by atoms with Crippen LogP contribution in [0, 0.1) is 0 Å². The highest BCUT2D eigenvalue weighted by Gasteiger charge is 2.15. The third-order valence-electron chi connectivity index (χ3n) is 4.41. The van der Waals surface area contributed by atoms with Crippen molar-refractivity contribution in [2.45, 2.75) is 12.6 Å². The number of nitrogens with one attached hydrogen (secondary N) is 1. The summed E-state index contributed by atoms with van der Waals surface area (Å²) >= 11 is 0. The lowest BCUT2D eigenvalue weighted by atomic mass is 10.0. The Bertz CT molecular complexity index is 898. The van der Waals surface area contributed by atoms with Crippen molar-refractivity contribution >= 4 is 11.0 Å². The fourth-order valence-corrected chi connectivity index (χ4v) is 3.16. The number of H-pyrrole nitrogens is 1. The fourth-order valence-electron chi connectivity index (χ4n) is 3.16. The summed E-state index contributed by atoms with van der Waals surface area (Å²) in [5, 5.41) is 0. The fraction of sp³-hybridized carbons (Fsp3) is 0.136. The Kier molecular flexibility index (Phi) is 6.05. The maximum absolute atomic E-state index is 6.30. The number of aromatic amines is 1. The normalized spacial score (nSPS) is 10.8. The van der Waals surface area contributed by atoms with Crippen LogP contribution in [0.4, 0.5) is 0 Å². The molecule has 0 unspecified atom stereocenters. The standard InChI is InChI=1S/C22H20N2O.ClH/c1-3-9-18(10-4-1)22(19-11-5-2-6-12-19)25-16-15-24-17-23-20-13-7-8-14-21(20)24;/h1-14,17,22H,15-16H2;1H. The molecule has 0 saturated carbocycles. The number of fused-ring (bicyclic) bond motifs is 1. The summed E-state index contributed by atoms with van der Waals surface area (Å²) in [4.78, 5) is 3.30. The molecule has 0 amide bonds. The van der Waals surface area contributed by atoms with Crippen LogP contribution in [0.5, 0.6) is 0 Å². The van der Waals surface area contributed by atoms with Gasteiger partial charge in [0, 0.05) is 0 Å². The summed E-state index contributed by atoms with van der Waals surface area (Å²) in [5.74, 6) is 0. The van der Waals surface area contributed by atoms with Gasteiger partial charge >= 0.3 is 0 Å². The van der Waals surface area contributed by atoms with Crippen molar-refractivity contribution in [2.24, 2.45) is 0 Å². The molecule has 0 fully saturated rings. The minimum absolute atomic E-state index is 0. The Labute approximate surface area is 159 Å². The number of ether oxygens (including phenoxy) is 1. The minimum atomic E-state index is -0.0480. The van der Waals surface area contributed by atoms with Crippen LogP contribution in [0.3, 0.4) is 0 Å². The van der Waals surface area contributed by atoms with Gasteiger partial charge in [0.15, 0.2) is 11.0 Å². The third kappa shape index (κ3) is 3.96. The van der Waals surface area contributed by atoms with E-state index in [4.69, 9.17) is 4.74 Å². The van der Waals surface area contributed by atoms with Gasteiger partial charge in [-0.25, -0.2) is 9.55 Å². The van der Waals surface area contributed by atoms with Crippen LogP contribution in [0.1, 0.15) is 17.2 Å². The van der Waals surface area contributed by atoms with E-state index in [1.165, 1.54) is 16.6 Å². The third-order valence-corrected chi connectivity index (χ3v) is 4.41. The van der Waals surface area contributed by atoms with Crippen LogP contribution in [0.2, 0.25) is 0 Å². The zero-order valence-electron chi connectivity index (χ0n) is 14.4. The molecule has 1 heterocycles. The summed E-state index contributed by atoms with van der Waals surface area (Å²) in [6, 6.07) is 29.1. The van der Waals surface area contributed by atoms with Gasteiger partial charge in [0.2, 0.25) is 6.33 Å². The van der Waals surface area contributed by atoms with Crippen LogP contribution in [0.15, 0.2) is 91.3 Å². The summed E-state index contributed by atoms with van der Waals surface area (Å²) in [6.45, 7) is 1.45. The van der Waals surface area contributed by atoms with Crippen LogP contribution in [-0.2, 0) is 11.3 Å². The van der Waals surface area contributed by atoms with Gasteiger partial charge in [0.1, 0.15) is 12.6 Å². The maximum atomic E-state index is 6.30. The van der Waals surface area contributed by atoms with Crippen LogP contribution in [-0.4, -0.2) is 11.6 Å². The predicted octanol–water partition coefficient (Wildman–Crippen LogP) is 1.27. The number of imidazole rings is 1. The summed E-state index contributed by atoms with van der Waals surface area (Å²) in [6.07, 6.45) is 1.96. The van der Waals surface area contributed by atoms with Crippen molar-refractivity contribution in [1.82, 2.24) is 4.98 Å². The first-order valence-electron chi connectivity index (χ1n) is 8.59. The number of hydrogen-bond acceptors (Lipinski definition) is 1. The molecule has 0 radical (unpaired) electrons. The molecule has 4 aromatic rings. The van der Waals surface area contributed by atoms with E-state index < -0.39 is 0 Å². The lowest BCUT2D eigenvalue weighted by Crippen LogP contribution is -3.00. The topological polar surface area (TPSA) is 28.9 Å². The summed E-state index contributed by atoms with van der Waals surface area (Å²) in [7, 11) is 0. The van der Waals surface area contributed by atoms with Crippen LogP contribution < -0.4 is 17.0 Å². The minimum Gasteiger partial charge on any atom is -1.00 e. The molecule has 3 nitrogen and oxygen atoms in total. The largest absolute Gasteiger partial charge is 1.00 e. The van der Waals surface area contributed by atoms with Gasteiger partial charge < -0.3 is 17.1 Å². The van der Waals surface area contributed by atoms with Crippen LogP contribution in [0.25, 0.3) is 11.0 Å². The van der Waals surface area contributed by atoms with Gasteiger partial charge in [-0.05, 0) is 23.3 Å². The zero-order valence-corrected chi connectivity index (χ0v) is 15.1. The molecule has 26 heavy (non-hydrogen) atoms. The first-order valence-corrected chi connectivity index (χ1v) is 8.59. The van der Waals surface area contributed by atoms with Crippen molar-refractivity contribution in [3.8, 4) is 0 Å². The molecule has 3 aromatic carbocycles. The Balaban J connectivity index is 0.00000196. The second-order valence-corrected chi connectivity index (χ2v) is 6.06. The quantitative estimate of drug-likeness (QED) is 0.513. The number of aromatic nitrogens is 2. The lowest BCUT2D eigenvalue weighted by Gasteiger charge is -2.18. The van der Waals surface area contributed by atoms with E-state index in [0.717, 1.165) is 12.1 Å². The highest BCUT2D eigenvalue weighted by Crippen LogP contribution is 2.25. The summed E-state index contributed by atoms with van der Waals surface area (Å²) in [5.41, 5.74) is 4.70. The molecule has 0 aliphatic carbocycles. The number of nitrogens with zero attached hydrogens (tertiary/aromatic N) is 1. The zero-order chi connectivity index (χ0) is 16.9. The summed E-state index contributed by atoms with van der Waals surface area (Å²) < 4.78 is 8.50. The van der Waals surface area contributed by atoms with Gasteiger partial charge in [-0.15, -0.1) is 0 Å². The molecule has 0 spiro atoms. The number of para-hydroxylation sites is 2. The Hall–Kier alpha value is -2.62. The molecular formula is C22H21ClN2O. The van der Waals surface area contributed by atoms with Gasteiger partial charge in [-0.2, -0.15) is 0 Å². The second-order valence-electron chi connectivity index (χ2n) is 6.06. The van der Waals surface area contributed by atoms with Crippen molar-refractivity contribution < 1.29 is 21.7 Å². The van der Waals surface area contributed by atoms with E-state index in [-0.39, 0.29) is 18.5 Å². The average molecular weight is 365 g/mol. The molecule has 0 saturated heterocycles. The van der Waals surface area contributed by atoms with E-state index in [1.54, 1.807) is 0 Å². The van der Waals surface area contributed by atoms with E-state index in [2.05, 4.69) is 76.3 Å². The first-order chi connectivity index (χ1) is 12.4. The molecule has 0 bridgehead atoms. The monoisotopic (exact) mass is 364 g/mol. The van der Waals surface area contributed by atoms with Crippen molar-refractivity contribution in [2.75, 3.05) is 6.61 Å². The molecular weight excluding hydrogens is 344 g/mol. The lowest BCUT2D eigenvalue weighted by molar-refractivity contribution is -0.673. The molecule has 1 N–H and O–H groups in total. The molecule has 0 aliphatic rings. The molecule has 0 atom stereocenters. The van der Waals surface area contributed by atoms with Crippen LogP contribution >= 0.6 is 0 Å². The highest BCUT2D eigenvalue weighted by atomic mass is 35.5. The van der Waals surface area contributed by atoms with Gasteiger partial charge in [-0.3, -0.25) is 0 Å². The van der Waals surface area contributed by atoms with Gasteiger partial charge in [0.05, 0.1) is 6.61 Å². The van der Waals surface area contributed by atoms with Crippen molar-refractivity contribution in [3.63, 3.8) is 0 Å². The van der Waals surface area contributed by atoms with Gasteiger partial charge in [0.25, 0.3) is 0 Å². The number of hydrogen-bond donors (Lipinski definition) is 1. The molecule has 132 valence electrons. The highest BCUT2D eigenvalue weighted by molar-refractivity contribution is 5.70. The molecule has 4 rings (SSSR count). The smallest absolute Gasteiger partial charge is 0.242 e. The van der Waals surface area contributed by atoms with E-state index in [0.29, 0.717) is 6.61 Å². The predicted molar refractivity (Wildman–Crippen MR) is 99.2 cm³/mol.